The Bertz CT molecular complexity index is 748. The van der Waals surface area contributed by atoms with Gasteiger partial charge in [0.1, 0.15) is 0 Å². The zero-order valence-electron chi connectivity index (χ0n) is 11.5. The number of halogens is 1. The molecule has 0 saturated heterocycles. The summed E-state index contributed by atoms with van der Waals surface area (Å²) in [7, 11) is 0. The van der Waals surface area contributed by atoms with Gasteiger partial charge >= 0.3 is 0 Å². The first kappa shape index (κ1) is 13.7. The molecule has 0 aliphatic carbocycles. The van der Waals surface area contributed by atoms with Gasteiger partial charge in [0.05, 0.1) is 6.04 Å². The van der Waals surface area contributed by atoms with Gasteiger partial charge in [0.25, 0.3) is 0 Å². The molecule has 1 atom stereocenters. The molecular formula is C17H16BrNS. The molecule has 0 radical (unpaired) electrons. The number of anilines is 1. The smallest absolute Gasteiger partial charge is 0.0581 e. The molecule has 3 heteroatoms. The highest BCUT2D eigenvalue weighted by Crippen LogP contribution is 2.35. The molecule has 20 heavy (non-hydrogen) atoms. The minimum atomic E-state index is 0.307. The maximum Gasteiger partial charge on any atom is 0.0581 e. The summed E-state index contributed by atoms with van der Waals surface area (Å²) in [6, 6.07) is 17.2. The summed E-state index contributed by atoms with van der Waals surface area (Å²) in [5.41, 5.74) is 2.53. The van der Waals surface area contributed by atoms with E-state index in [0.717, 1.165) is 10.2 Å². The van der Waals surface area contributed by atoms with E-state index in [4.69, 9.17) is 0 Å². The SMILES string of the molecule is Cc1c(C(C)Nc2cccc(Br)c2)sc2ccccc12. The number of nitrogens with one attached hydrogen (secondary N) is 1. The van der Waals surface area contributed by atoms with E-state index in [1.165, 1.54) is 20.5 Å². The van der Waals surface area contributed by atoms with Gasteiger partial charge in [-0.3, -0.25) is 0 Å². The number of thiophene rings is 1. The van der Waals surface area contributed by atoms with E-state index < -0.39 is 0 Å². The van der Waals surface area contributed by atoms with Crippen molar-refractivity contribution in [2.24, 2.45) is 0 Å². The van der Waals surface area contributed by atoms with Gasteiger partial charge in [-0.25, -0.2) is 0 Å². The van der Waals surface area contributed by atoms with Gasteiger partial charge < -0.3 is 5.32 Å². The van der Waals surface area contributed by atoms with Gasteiger partial charge in [-0.15, -0.1) is 11.3 Å². The maximum absolute atomic E-state index is 3.58. The molecule has 3 rings (SSSR count). The van der Waals surface area contributed by atoms with E-state index in [-0.39, 0.29) is 0 Å². The number of fused-ring (bicyclic) bond motifs is 1. The first-order valence-electron chi connectivity index (χ1n) is 6.65. The van der Waals surface area contributed by atoms with Gasteiger partial charge in [-0.05, 0) is 49.1 Å². The lowest BCUT2D eigenvalue weighted by atomic mass is 10.1. The molecule has 102 valence electrons. The van der Waals surface area contributed by atoms with Crippen molar-refractivity contribution in [3.05, 3.63) is 63.4 Å². The third kappa shape index (κ3) is 2.60. The van der Waals surface area contributed by atoms with Crippen molar-refractivity contribution in [2.75, 3.05) is 5.32 Å². The molecule has 3 aromatic rings. The molecule has 0 aliphatic rings. The molecule has 0 saturated carbocycles. The van der Waals surface area contributed by atoms with E-state index in [1.54, 1.807) is 0 Å². The number of aryl methyl sites for hydroxylation is 1. The third-order valence-electron chi connectivity index (χ3n) is 3.48. The molecule has 0 aliphatic heterocycles. The van der Waals surface area contributed by atoms with Crippen LogP contribution in [-0.2, 0) is 0 Å². The topological polar surface area (TPSA) is 12.0 Å². The Labute approximate surface area is 131 Å². The summed E-state index contributed by atoms with van der Waals surface area (Å²) >= 11 is 5.39. The molecule has 0 amide bonds. The summed E-state index contributed by atoms with van der Waals surface area (Å²) in [6.45, 7) is 4.44. The Morgan fingerprint density at radius 3 is 2.65 bits per heavy atom. The minimum absolute atomic E-state index is 0.307. The van der Waals surface area contributed by atoms with E-state index >= 15 is 0 Å². The second kappa shape index (κ2) is 5.58. The van der Waals surface area contributed by atoms with Crippen molar-refractivity contribution in [3.8, 4) is 0 Å². The molecule has 1 nitrogen and oxygen atoms in total. The fourth-order valence-corrected chi connectivity index (χ4v) is 4.11. The molecule has 1 N–H and O–H groups in total. The lowest BCUT2D eigenvalue weighted by Gasteiger charge is -2.15. The lowest BCUT2D eigenvalue weighted by molar-refractivity contribution is 0.900. The Morgan fingerprint density at radius 1 is 1.10 bits per heavy atom. The molecule has 0 fully saturated rings. The second-order valence-corrected chi connectivity index (χ2v) is 6.96. The van der Waals surface area contributed by atoms with Crippen molar-refractivity contribution in [1.82, 2.24) is 0 Å². The van der Waals surface area contributed by atoms with Crippen LogP contribution in [0.1, 0.15) is 23.4 Å². The fraction of sp³-hybridized carbons (Fsp3) is 0.176. The van der Waals surface area contributed by atoms with E-state index in [9.17, 15) is 0 Å². The van der Waals surface area contributed by atoms with Crippen molar-refractivity contribution < 1.29 is 0 Å². The van der Waals surface area contributed by atoms with E-state index in [2.05, 4.69) is 77.6 Å². The van der Waals surface area contributed by atoms with Gasteiger partial charge in [0.15, 0.2) is 0 Å². The number of hydrogen-bond acceptors (Lipinski definition) is 2. The quantitative estimate of drug-likeness (QED) is 0.600. The first-order valence-corrected chi connectivity index (χ1v) is 8.26. The van der Waals surface area contributed by atoms with Crippen LogP contribution in [0.25, 0.3) is 10.1 Å². The predicted molar refractivity (Wildman–Crippen MR) is 92.7 cm³/mol. The summed E-state index contributed by atoms with van der Waals surface area (Å²) in [5.74, 6) is 0. The Hall–Kier alpha value is -1.32. The van der Waals surface area contributed by atoms with Crippen LogP contribution in [0.5, 0.6) is 0 Å². The largest absolute Gasteiger partial charge is 0.378 e. The Morgan fingerprint density at radius 2 is 1.90 bits per heavy atom. The fourth-order valence-electron chi connectivity index (χ4n) is 2.50. The average Bonchev–Trinajstić information content (AvgIpc) is 2.77. The van der Waals surface area contributed by atoms with Gasteiger partial charge in [0.2, 0.25) is 0 Å². The third-order valence-corrected chi connectivity index (χ3v) is 5.43. The van der Waals surface area contributed by atoms with E-state index in [0.29, 0.717) is 6.04 Å². The number of benzene rings is 2. The highest BCUT2D eigenvalue weighted by atomic mass is 79.9. The van der Waals surface area contributed by atoms with Crippen molar-refractivity contribution >= 4 is 43.0 Å². The number of rotatable bonds is 3. The Kier molecular flexibility index (Phi) is 3.81. The standard InChI is InChI=1S/C17H16BrNS/c1-11-15-8-3-4-9-16(15)20-17(11)12(2)19-14-7-5-6-13(18)10-14/h3-10,12,19H,1-2H3. The van der Waals surface area contributed by atoms with Crippen LogP contribution in [0.4, 0.5) is 5.69 Å². The van der Waals surface area contributed by atoms with Crippen molar-refractivity contribution in [1.29, 1.82) is 0 Å². The van der Waals surface area contributed by atoms with Crippen LogP contribution >= 0.6 is 27.3 Å². The summed E-state index contributed by atoms with van der Waals surface area (Å²) in [5, 5.41) is 4.95. The Balaban J connectivity index is 1.92. The number of hydrogen-bond donors (Lipinski definition) is 1. The monoisotopic (exact) mass is 345 g/mol. The second-order valence-electron chi connectivity index (χ2n) is 4.96. The molecule has 1 aromatic heterocycles. The zero-order valence-corrected chi connectivity index (χ0v) is 13.9. The summed E-state index contributed by atoms with van der Waals surface area (Å²) in [4.78, 5) is 1.41. The highest BCUT2D eigenvalue weighted by Gasteiger charge is 2.14. The maximum atomic E-state index is 3.58. The highest BCUT2D eigenvalue weighted by molar-refractivity contribution is 9.10. The normalized spacial score (nSPS) is 12.6. The van der Waals surface area contributed by atoms with Crippen LogP contribution in [0.2, 0.25) is 0 Å². The summed E-state index contributed by atoms with van der Waals surface area (Å²) < 4.78 is 2.46. The lowest BCUT2D eigenvalue weighted by Crippen LogP contribution is -2.05. The first-order chi connectivity index (χ1) is 9.65. The van der Waals surface area contributed by atoms with Gasteiger partial charge in [0, 0.05) is 19.7 Å². The molecule has 1 heterocycles. The average molecular weight is 346 g/mol. The van der Waals surface area contributed by atoms with Crippen LogP contribution in [-0.4, -0.2) is 0 Å². The van der Waals surface area contributed by atoms with Crippen LogP contribution in [0.15, 0.2) is 53.0 Å². The molecular weight excluding hydrogens is 330 g/mol. The van der Waals surface area contributed by atoms with Crippen molar-refractivity contribution in [2.45, 2.75) is 19.9 Å². The van der Waals surface area contributed by atoms with Crippen LogP contribution < -0.4 is 5.32 Å². The van der Waals surface area contributed by atoms with Crippen LogP contribution in [0.3, 0.4) is 0 Å². The van der Waals surface area contributed by atoms with Crippen LogP contribution in [0, 0.1) is 6.92 Å². The summed E-state index contributed by atoms with van der Waals surface area (Å²) in [6.07, 6.45) is 0. The van der Waals surface area contributed by atoms with Crippen molar-refractivity contribution in [3.63, 3.8) is 0 Å². The molecule has 0 bridgehead atoms. The molecule has 0 spiro atoms. The predicted octanol–water partition coefficient (Wildman–Crippen LogP) is 6.15. The van der Waals surface area contributed by atoms with Gasteiger partial charge in [-0.2, -0.15) is 0 Å². The van der Waals surface area contributed by atoms with E-state index in [1.807, 2.05) is 17.4 Å². The molecule has 2 aromatic carbocycles. The minimum Gasteiger partial charge on any atom is -0.378 e. The molecule has 1 unspecified atom stereocenters. The van der Waals surface area contributed by atoms with Gasteiger partial charge in [-0.1, -0.05) is 40.2 Å². The zero-order chi connectivity index (χ0) is 14.1.